The summed E-state index contributed by atoms with van der Waals surface area (Å²) in [7, 11) is 0. The van der Waals surface area contributed by atoms with Crippen LogP contribution in [0.15, 0.2) is 0 Å². The molecule has 0 aromatic carbocycles. The zero-order chi connectivity index (χ0) is 4.28. The van der Waals surface area contributed by atoms with E-state index in [1.54, 1.807) is 0 Å². The van der Waals surface area contributed by atoms with E-state index in [1.807, 2.05) is 0 Å². The van der Waals surface area contributed by atoms with Crippen LogP contribution in [0.2, 0.25) is 0 Å². The summed E-state index contributed by atoms with van der Waals surface area (Å²) in [6.07, 6.45) is 0. The molecule has 0 aliphatic carbocycles. The first-order chi connectivity index (χ1) is 2.27. The molecule has 0 aliphatic rings. The van der Waals surface area contributed by atoms with Gasteiger partial charge in [-0.05, 0) is 0 Å². The predicted molar refractivity (Wildman–Crippen MR) is 12.6 cm³/mol. The molecule has 0 aliphatic heterocycles. The summed E-state index contributed by atoms with van der Waals surface area (Å²) in [5, 5.41) is 7.03. The smallest absolute Gasteiger partial charge is 0.748 e. The van der Waals surface area contributed by atoms with Crippen molar-refractivity contribution in [3.8, 4) is 0 Å². The van der Waals surface area contributed by atoms with Crippen LogP contribution < -0.4 is 51.4 Å². The normalized spacial score (nSPS) is 12.3. The SMILES string of the molecule is O=S([O-])OO.[K+]. The van der Waals surface area contributed by atoms with Crippen LogP contribution in [0.4, 0.5) is 0 Å². The van der Waals surface area contributed by atoms with Gasteiger partial charge >= 0.3 is 51.4 Å². The Bertz CT molecular complexity index is 42.8. The van der Waals surface area contributed by atoms with Crippen LogP contribution >= 0.6 is 0 Å². The molecule has 0 bridgehead atoms. The molecule has 6 heteroatoms. The van der Waals surface area contributed by atoms with Crippen LogP contribution in [0, 0.1) is 0 Å². The fourth-order valence-electron chi connectivity index (χ4n) is 0. The van der Waals surface area contributed by atoms with Gasteiger partial charge in [0, 0.05) is 0 Å². The zero-order valence-electron chi connectivity index (χ0n) is 3.08. The number of rotatable bonds is 1. The molecule has 0 saturated heterocycles. The molecule has 0 amide bonds. The summed E-state index contributed by atoms with van der Waals surface area (Å²) >= 11 is -2.77. The maximum atomic E-state index is 8.90. The van der Waals surface area contributed by atoms with Gasteiger partial charge in [0.2, 0.25) is 0 Å². The Hall–Kier alpha value is 1.67. The maximum Gasteiger partial charge on any atom is 1.00 e. The average molecular weight is 136 g/mol. The summed E-state index contributed by atoms with van der Waals surface area (Å²) in [6.45, 7) is 0. The Morgan fingerprint density at radius 3 is 2.00 bits per heavy atom. The Kier molecular flexibility index (Phi) is 11.8. The van der Waals surface area contributed by atoms with Crippen LogP contribution in [-0.2, 0) is 15.7 Å². The van der Waals surface area contributed by atoms with Crippen molar-refractivity contribution in [2.75, 3.05) is 0 Å². The predicted octanol–water partition coefficient (Wildman–Crippen LogP) is -3.73. The summed E-state index contributed by atoms with van der Waals surface area (Å²) in [4.78, 5) is 0. The first-order valence-corrected chi connectivity index (χ1v) is 1.68. The van der Waals surface area contributed by atoms with Crippen molar-refractivity contribution >= 4 is 11.4 Å². The monoisotopic (exact) mass is 136 g/mol. The van der Waals surface area contributed by atoms with E-state index in [2.05, 4.69) is 4.33 Å². The minimum atomic E-state index is -2.77. The first-order valence-electron chi connectivity index (χ1n) is 0.683. The second-order valence-electron chi connectivity index (χ2n) is 0.279. The topological polar surface area (TPSA) is 69.6 Å². The van der Waals surface area contributed by atoms with Gasteiger partial charge in [-0.1, -0.05) is 0 Å². The molecule has 0 aromatic rings. The third-order valence-electron chi connectivity index (χ3n) is 0.0609. The number of hydrogen-bond acceptors (Lipinski definition) is 4. The molecule has 0 fully saturated rings. The number of hydrogen-bond donors (Lipinski definition) is 1. The maximum absolute atomic E-state index is 8.90. The summed E-state index contributed by atoms with van der Waals surface area (Å²) in [6, 6.07) is 0. The van der Waals surface area contributed by atoms with Gasteiger partial charge in [-0.3, -0.25) is 0 Å². The second-order valence-corrected chi connectivity index (χ2v) is 0.836. The van der Waals surface area contributed by atoms with Crippen molar-refractivity contribution in [3.05, 3.63) is 0 Å². The van der Waals surface area contributed by atoms with E-state index in [4.69, 9.17) is 14.0 Å². The molecule has 32 valence electrons. The standard InChI is InChI=1S/K.H2O4S/c;1-4-5(2)3/h;1H,(H,2,3)/q+1;/p-1. The van der Waals surface area contributed by atoms with Crippen molar-refractivity contribution in [2.24, 2.45) is 0 Å². The van der Waals surface area contributed by atoms with Crippen molar-refractivity contribution in [3.63, 3.8) is 0 Å². The van der Waals surface area contributed by atoms with E-state index >= 15 is 0 Å². The van der Waals surface area contributed by atoms with Gasteiger partial charge in [0.05, 0.1) is 0 Å². The van der Waals surface area contributed by atoms with E-state index in [1.165, 1.54) is 0 Å². The van der Waals surface area contributed by atoms with Gasteiger partial charge in [-0.25, -0.2) is 9.47 Å². The Balaban J connectivity index is 0. The fourth-order valence-corrected chi connectivity index (χ4v) is 0. The average Bonchev–Trinajstić information content (AvgIpc) is 1.38. The molecule has 0 rings (SSSR count). The Morgan fingerprint density at radius 2 is 2.00 bits per heavy atom. The molecule has 0 radical (unpaired) electrons. The molecule has 6 heavy (non-hydrogen) atoms. The van der Waals surface area contributed by atoms with Gasteiger partial charge in [0.25, 0.3) is 0 Å². The van der Waals surface area contributed by atoms with E-state index in [-0.39, 0.29) is 51.4 Å². The third-order valence-corrected chi connectivity index (χ3v) is 0.183. The molecule has 0 saturated carbocycles. The molecule has 1 unspecified atom stereocenters. The van der Waals surface area contributed by atoms with Gasteiger partial charge in [-0.2, -0.15) is 0 Å². The molecule has 0 aromatic heterocycles. The largest absolute Gasteiger partial charge is 1.00 e. The molecule has 0 spiro atoms. The van der Waals surface area contributed by atoms with E-state index < -0.39 is 11.4 Å². The minimum Gasteiger partial charge on any atom is -0.748 e. The zero-order valence-corrected chi connectivity index (χ0v) is 7.02. The van der Waals surface area contributed by atoms with Crippen LogP contribution in [0.1, 0.15) is 0 Å². The quantitative estimate of drug-likeness (QED) is 0.174. The molecular weight excluding hydrogens is 135 g/mol. The van der Waals surface area contributed by atoms with Crippen LogP contribution in [0.3, 0.4) is 0 Å². The van der Waals surface area contributed by atoms with Crippen LogP contribution in [0.5, 0.6) is 0 Å². The van der Waals surface area contributed by atoms with Gasteiger partial charge in [-0.15, -0.1) is 4.33 Å². The summed E-state index contributed by atoms with van der Waals surface area (Å²) in [5.74, 6) is 0. The summed E-state index contributed by atoms with van der Waals surface area (Å²) < 4.78 is 20.5. The molecule has 1 atom stereocenters. The second kappa shape index (κ2) is 6.67. The van der Waals surface area contributed by atoms with Crippen molar-refractivity contribution in [1.82, 2.24) is 0 Å². The van der Waals surface area contributed by atoms with Gasteiger partial charge in [0.15, 0.2) is 0 Å². The van der Waals surface area contributed by atoms with Crippen molar-refractivity contribution in [1.29, 1.82) is 0 Å². The molecule has 1 N–H and O–H groups in total. The van der Waals surface area contributed by atoms with Crippen molar-refractivity contribution in [2.45, 2.75) is 0 Å². The minimum absolute atomic E-state index is 0. The van der Waals surface area contributed by atoms with E-state index in [0.29, 0.717) is 0 Å². The van der Waals surface area contributed by atoms with Crippen molar-refractivity contribution < 1.29 is 69.7 Å². The first kappa shape index (κ1) is 10.6. The van der Waals surface area contributed by atoms with E-state index in [9.17, 15) is 0 Å². The molecular formula is HKO4S. The third kappa shape index (κ3) is 9.18. The Morgan fingerprint density at radius 1 is 1.83 bits per heavy atom. The molecule has 0 heterocycles. The van der Waals surface area contributed by atoms with Crippen LogP contribution in [0.25, 0.3) is 0 Å². The molecule has 4 nitrogen and oxygen atoms in total. The fraction of sp³-hybridized carbons (Fsp3) is 0. The summed E-state index contributed by atoms with van der Waals surface area (Å²) in [5.41, 5.74) is 0. The van der Waals surface area contributed by atoms with Gasteiger partial charge in [0.1, 0.15) is 11.4 Å². The van der Waals surface area contributed by atoms with Crippen LogP contribution in [-0.4, -0.2) is 14.0 Å². The van der Waals surface area contributed by atoms with Gasteiger partial charge < -0.3 is 4.55 Å². The van der Waals surface area contributed by atoms with E-state index in [0.717, 1.165) is 0 Å². The Labute approximate surface area is 79.7 Å².